The summed E-state index contributed by atoms with van der Waals surface area (Å²) in [5, 5.41) is 4.04. The zero-order chi connectivity index (χ0) is 14.3. The molecule has 118 valence electrons. The summed E-state index contributed by atoms with van der Waals surface area (Å²) in [5.41, 5.74) is 7.66. The van der Waals surface area contributed by atoms with Gasteiger partial charge in [0.1, 0.15) is 5.76 Å². The smallest absolute Gasteiger partial charge is 0.276 e. The Morgan fingerprint density at radius 2 is 2.10 bits per heavy atom. The predicted octanol–water partition coefficient (Wildman–Crippen LogP) is 2.17. The predicted molar refractivity (Wildman–Crippen MR) is 82.7 cm³/mol. The molecule has 2 N–H and O–H groups in total. The van der Waals surface area contributed by atoms with E-state index in [-0.39, 0.29) is 29.8 Å². The first-order valence-electron chi connectivity index (χ1n) is 7.51. The van der Waals surface area contributed by atoms with Crippen molar-refractivity contribution >= 4 is 18.3 Å². The molecule has 0 saturated carbocycles. The molecule has 1 amide bonds. The second-order valence-electron chi connectivity index (χ2n) is 6.75. The fraction of sp³-hybridized carbons (Fsp3) is 0.733. The standard InChI is InChI=1S/C15H23N3O2.ClH/c1-15(2)9-18(8-7-12(15)16)14(19)13-10-5-3-4-6-11(10)20-17-13;/h12H,3-9,16H2,1-2H3;1H. The van der Waals surface area contributed by atoms with Crippen LogP contribution in [0.2, 0.25) is 0 Å². The lowest BCUT2D eigenvalue weighted by atomic mass is 9.79. The maximum absolute atomic E-state index is 12.7. The lowest BCUT2D eigenvalue weighted by molar-refractivity contribution is 0.0522. The zero-order valence-corrected chi connectivity index (χ0v) is 13.5. The summed E-state index contributed by atoms with van der Waals surface area (Å²) < 4.78 is 5.35. The Balaban J connectivity index is 0.00000161. The Kier molecular flexibility index (Phi) is 4.63. The van der Waals surface area contributed by atoms with Crippen molar-refractivity contribution < 1.29 is 9.32 Å². The van der Waals surface area contributed by atoms with E-state index in [1.54, 1.807) is 0 Å². The van der Waals surface area contributed by atoms with E-state index in [2.05, 4.69) is 19.0 Å². The first kappa shape index (κ1) is 16.3. The van der Waals surface area contributed by atoms with E-state index in [9.17, 15) is 4.79 Å². The molecule has 1 unspecified atom stereocenters. The Morgan fingerprint density at radius 1 is 1.38 bits per heavy atom. The number of hydrogen-bond acceptors (Lipinski definition) is 4. The van der Waals surface area contributed by atoms with Crippen LogP contribution in [0.25, 0.3) is 0 Å². The fourth-order valence-corrected chi connectivity index (χ4v) is 3.25. The molecule has 21 heavy (non-hydrogen) atoms. The number of rotatable bonds is 1. The molecule has 1 fully saturated rings. The highest BCUT2D eigenvalue weighted by molar-refractivity contribution is 5.94. The minimum absolute atomic E-state index is 0. The van der Waals surface area contributed by atoms with Gasteiger partial charge in [-0.05, 0) is 31.1 Å². The molecule has 0 spiro atoms. The van der Waals surface area contributed by atoms with Gasteiger partial charge in [-0.15, -0.1) is 12.4 Å². The molecule has 1 aliphatic heterocycles. The molecule has 1 aliphatic carbocycles. The Bertz CT molecular complexity index is 527. The van der Waals surface area contributed by atoms with Crippen molar-refractivity contribution in [1.82, 2.24) is 10.1 Å². The number of nitrogens with two attached hydrogens (primary N) is 1. The number of halogens is 1. The van der Waals surface area contributed by atoms with Gasteiger partial charge in [-0.2, -0.15) is 0 Å². The van der Waals surface area contributed by atoms with Crippen molar-refractivity contribution in [2.45, 2.75) is 52.0 Å². The highest BCUT2D eigenvalue weighted by Gasteiger charge is 2.37. The summed E-state index contributed by atoms with van der Waals surface area (Å²) >= 11 is 0. The number of piperidine rings is 1. The van der Waals surface area contributed by atoms with Gasteiger partial charge in [0.15, 0.2) is 5.69 Å². The van der Waals surface area contributed by atoms with E-state index in [0.29, 0.717) is 18.8 Å². The molecular weight excluding hydrogens is 290 g/mol. The van der Waals surface area contributed by atoms with Crippen LogP contribution in [0.5, 0.6) is 0 Å². The number of carbonyl (C=O) groups excluding carboxylic acids is 1. The monoisotopic (exact) mass is 313 g/mol. The van der Waals surface area contributed by atoms with Gasteiger partial charge in [-0.1, -0.05) is 19.0 Å². The molecule has 3 rings (SSSR count). The number of likely N-dealkylation sites (tertiary alicyclic amines) is 1. The van der Waals surface area contributed by atoms with Gasteiger partial charge in [0.2, 0.25) is 0 Å². The molecule has 5 nitrogen and oxygen atoms in total. The molecule has 6 heteroatoms. The van der Waals surface area contributed by atoms with Crippen LogP contribution in [-0.2, 0) is 12.8 Å². The molecule has 1 saturated heterocycles. The SMILES string of the molecule is CC1(C)CN(C(=O)c2noc3c2CCCC3)CCC1N.Cl. The van der Waals surface area contributed by atoms with Crippen LogP contribution in [0, 0.1) is 5.41 Å². The average molecular weight is 314 g/mol. The minimum atomic E-state index is -0.0439. The Hall–Kier alpha value is -1.07. The summed E-state index contributed by atoms with van der Waals surface area (Å²) in [6.45, 7) is 5.64. The Morgan fingerprint density at radius 3 is 2.81 bits per heavy atom. The number of fused-ring (bicyclic) bond motifs is 1. The second kappa shape index (κ2) is 5.97. The highest BCUT2D eigenvalue weighted by atomic mass is 35.5. The van der Waals surface area contributed by atoms with Crippen LogP contribution >= 0.6 is 12.4 Å². The Labute approximate surface area is 131 Å². The molecule has 0 radical (unpaired) electrons. The van der Waals surface area contributed by atoms with Crippen molar-refractivity contribution in [3.05, 3.63) is 17.0 Å². The lowest BCUT2D eigenvalue weighted by Crippen LogP contribution is -2.54. The first-order chi connectivity index (χ1) is 9.49. The third kappa shape index (κ3) is 2.94. The molecule has 1 aromatic heterocycles. The first-order valence-corrected chi connectivity index (χ1v) is 7.51. The minimum Gasteiger partial charge on any atom is -0.360 e. The van der Waals surface area contributed by atoms with Gasteiger partial charge >= 0.3 is 0 Å². The van der Waals surface area contributed by atoms with Gasteiger partial charge in [0.25, 0.3) is 5.91 Å². The lowest BCUT2D eigenvalue weighted by Gasteiger charge is -2.42. The summed E-state index contributed by atoms with van der Waals surface area (Å²) in [4.78, 5) is 14.6. The van der Waals surface area contributed by atoms with Crippen molar-refractivity contribution in [1.29, 1.82) is 0 Å². The summed E-state index contributed by atoms with van der Waals surface area (Å²) in [5.74, 6) is 0.921. The number of aryl methyl sites for hydroxylation is 1. The quantitative estimate of drug-likeness (QED) is 0.862. The molecular formula is C15H24ClN3O2. The second-order valence-corrected chi connectivity index (χ2v) is 6.75. The number of nitrogens with zero attached hydrogens (tertiary/aromatic N) is 2. The highest BCUT2D eigenvalue weighted by Crippen LogP contribution is 2.30. The third-order valence-corrected chi connectivity index (χ3v) is 4.75. The maximum Gasteiger partial charge on any atom is 0.276 e. The van der Waals surface area contributed by atoms with Gasteiger partial charge in [-0.25, -0.2) is 0 Å². The molecule has 1 aromatic rings. The molecule has 0 aromatic carbocycles. The topological polar surface area (TPSA) is 72.4 Å². The number of carbonyl (C=O) groups is 1. The van der Waals surface area contributed by atoms with Crippen LogP contribution in [-0.4, -0.2) is 35.1 Å². The number of aromatic nitrogens is 1. The third-order valence-electron chi connectivity index (χ3n) is 4.75. The van der Waals surface area contributed by atoms with Crippen molar-refractivity contribution in [2.24, 2.45) is 11.1 Å². The maximum atomic E-state index is 12.7. The average Bonchev–Trinajstić information content (AvgIpc) is 2.85. The van der Waals surface area contributed by atoms with Gasteiger partial charge < -0.3 is 15.2 Å². The van der Waals surface area contributed by atoms with Crippen LogP contribution in [0.1, 0.15) is 54.9 Å². The van der Waals surface area contributed by atoms with Crippen LogP contribution < -0.4 is 5.73 Å². The normalized spacial score (nSPS) is 24.1. The molecule has 1 atom stereocenters. The van der Waals surface area contributed by atoms with E-state index in [0.717, 1.165) is 43.4 Å². The van der Waals surface area contributed by atoms with Crippen molar-refractivity contribution in [3.63, 3.8) is 0 Å². The van der Waals surface area contributed by atoms with E-state index >= 15 is 0 Å². The fourth-order valence-electron chi connectivity index (χ4n) is 3.25. The van der Waals surface area contributed by atoms with Gasteiger partial charge in [0, 0.05) is 31.1 Å². The van der Waals surface area contributed by atoms with Gasteiger partial charge in [0.05, 0.1) is 0 Å². The van der Waals surface area contributed by atoms with Gasteiger partial charge in [-0.3, -0.25) is 4.79 Å². The summed E-state index contributed by atoms with van der Waals surface area (Å²) in [7, 11) is 0. The number of hydrogen-bond donors (Lipinski definition) is 1. The molecule has 0 bridgehead atoms. The number of amides is 1. The molecule has 2 aliphatic rings. The van der Waals surface area contributed by atoms with E-state index in [4.69, 9.17) is 10.3 Å². The van der Waals surface area contributed by atoms with Crippen molar-refractivity contribution in [3.8, 4) is 0 Å². The van der Waals surface area contributed by atoms with E-state index < -0.39 is 0 Å². The van der Waals surface area contributed by atoms with E-state index in [1.165, 1.54) is 0 Å². The molecule has 2 heterocycles. The summed E-state index contributed by atoms with van der Waals surface area (Å²) in [6.07, 6.45) is 4.91. The summed E-state index contributed by atoms with van der Waals surface area (Å²) in [6, 6.07) is 0.151. The van der Waals surface area contributed by atoms with Crippen molar-refractivity contribution in [2.75, 3.05) is 13.1 Å². The van der Waals surface area contributed by atoms with Crippen LogP contribution in [0.4, 0.5) is 0 Å². The van der Waals surface area contributed by atoms with Crippen LogP contribution in [0.15, 0.2) is 4.52 Å². The van der Waals surface area contributed by atoms with Crippen LogP contribution in [0.3, 0.4) is 0 Å². The largest absolute Gasteiger partial charge is 0.360 e. The van der Waals surface area contributed by atoms with E-state index in [1.807, 2.05) is 4.90 Å². The zero-order valence-electron chi connectivity index (χ0n) is 12.7.